The number of hydrogen-bond acceptors (Lipinski definition) is 4. The molecular formula is C20H19ClN4O. The number of benzene rings is 2. The summed E-state index contributed by atoms with van der Waals surface area (Å²) >= 11 is 6.12. The molecule has 0 unspecified atom stereocenters. The number of nitrogens with zero attached hydrogens (tertiary/aromatic N) is 2. The molecular weight excluding hydrogens is 348 g/mol. The number of amides is 1. The molecule has 0 fully saturated rings. The lowest BCUT2D eigenvalue weighted by atomic mass is 10.1. The lowest BCUT2D eigenvalue weighted by Gasteiger charge is -2.09. The SMILES string of the molecule is Cc1cc(C)cc(NC(=O)c2cnc(Nc3ccc(C)c(Cl)c3)cn2)c1. The van der Waals surface area contributed by atoms with Crippen LogP contribution in [0.2, 0.25) is 5.02 Å². The summed E-state index contributed by atoms with van der Waals surface area (Å²) in [6.07, 6.45) is 2.96. The van der Waals surface area contributed by atoms with E-state index in [1.807, 2.05) is 57.2 Å². The van der Waals surface area contributed by atoms with Gasteiger partial charge in [0.15, 0.2) is 0 Å². The third-order valence-corrected chi connectivity index (χ3v) is 4.22. The molecule has 0 saturated carbocycles. The highest BCUT2D eigenvalue weighted by molar-refractivity contribution is 6.31. The van der Waals surface area contributed by atoms with Crippen LogP contribution >= 0.6 is 11.6 Å². The van der Waals surface area contributed by atoms with E-state index in [9.17, 15) is 4.79 Å². The first kappa shape index (κ1) is 17.9. The van der Waals surface area contributed by atoms with Crippen LogP contribution in [0.15, 0.2) is 48.8 Å². The summed E-state index contributed by atoms with van der Waals surface area (Å²) in [4.78, 5) is 20.8. The van der Waals surface area contributed by atoms with Gasteiger partial charge in [0.05, 0.1) is 12.4 Å². The quantitative estimate of drug-likeness (QED) is 0.678. The monoisotopic (exact) mass is 366 g/mol. The highest BCUT2D eigenvalue weighted by atomic mass is 35.5. The zero-order chi connectivity index (χ0) is 18.7. The molecule has 132 valence electrons. The second-order valence-corrected chi connectivity index (χ2v) is 6.61. The molecule has 0 aliphatic heterocycles. The first-order valence-corrected chi connectivity index (χ1v) is 8.53. The average Bonchev–Trinajstić information content (AvgIpc) is 2.58. The summed E-state index contributed by atoms with van der Waals surface area (Å²) in [5.41, 5.74) is 4.97. The zero-order valence-electron chi connectivity index (χ0n) is 14.8. The number of aromatic nitrogens is 2. The van der Waals surface area contributed by atoms with E-state index in [1.54, 1.807) is 0 Å². The fourth-order valence-electron chi connectivity index (χ4n) is 2.57. The van der Waals surface area contributed by atoms with Gasteiger partial charge in [-0.15, -0.1) is 0 Å². The highest BCUT2D eigenvalue weighted by Gasteiger charge is 2.09. The van der Waals surface area contributed by atoms with E-state index in [-0.39, 0.29) is 11.6 Å². The third kappa shape index (κ3) is 4.37. The van der Waals surface area contributed by atoms with E-state index in [2.05, 4.69) is 20.6 Å². The molecule has 0 saturated heterocycles. The van der Waals surface area contributed by atoms with Crippen molar-refractivity contribution in [1.29, 1.82) is 0 Å². The predicted molar refractivity (Wildman–Crippen MR) is 105 cm³/mol. The van der Waals surface area contributed by atoms with Crippen molar-refractivity contribution < 1.29 is 4.79 Å². The van der Waals surface area contributed by atoms with Gasteiger partial charge in [-0.05, 0) is 61.7 Å². The second-order valence-electron chi connectivity index (χ2n) is 6.21. The summed E-state index contributed by atoms with van der Waals surface area (Å²) in [6, 6.07) is 11.5. The van der Waals surface area contributed by atoms with E-state index in [0.29, 0.717) is 10.8 Å². The number of aryl methyl sites for hydroxylation is 3. The molecule has 2 N–H and O–H groups in total. The molecule has 1 heterocycles. The van der Waals surface area contributed by atoms with E-state index in [1.165, 1.54) is 12.4 Å². The Bertz CT molecular complexity index is 934. The zero-order valence-corrected chi connectivity index (χ0v) is 15.6. The van der Waals surface area contributed by atoms with Crippen LogP contribution in [0.1, 0.15) is 27.2 Å². The van der Waals surface area contributed by atoms with Gasteiger partial charge in [-0.2, -0.15) is 0 Å². The number of rotatable bonds is 4. The normalized spacial score (nSPS) is 10.5. The Morgan fingerprint density at radius 3 is 2.27 bits per heavy atom. The van der Waals surface area contributed by atoms with Crippen molar-refractivity contribution >= 4 is 34.7 Å². The van der Waals surface area contributed by atoms with Gasteiger partial charge in [0.1, 0.15) is 11.5 Å². The standard InChI is InChI=1S/C20H19ClN4O/c1-12-6-13(2)8-16(7-12)25-20(26)18-10-23-19(11-22-18)24-15-5-4-14(3)17(21)9-15/h4-11H,1-3H3,(H,23,24)(H,25,26). The summed E-state index contributed by atoms with van der Waals surface area (Å²) in [5, 5.41) is 6.63. The lowest BCUT2D eigenvalue weighted by molar-refractivity contribution is 0.102. The minimum Gasteiger partial charge on any atom is -0.339 e. The molecule has 0 bridgehead atoms. The van der Waals surface area contributed by atoms with Crippen molar-refractivity contribution in [3.8, 4) is 0 Å². The van der Waals surface area contributed by atoms with Gasteiger partial charge >= 0.3 is 0 Å². The first-order chi connectivity index (χ1) is 12.4. The minimum atomic E-state index is -0.299. The van der Waals surface area contributed by atoms with Gasteiger partial charge in [0.25, 0.3) is 5.91 Å². The van der Waals surface area contributed by atoms with Crippen LogP contribution in [0.25, 0.3) is 0 Å². The number of halogens is 1. The largest absolute Gasteiger partial charge is 0.339 e. The highest BCUT2D eigenvalue weighted by Crippen LogP contribution is 2.22. The molecule has 1 aromatic heterocycles. The smallest absolute Gasteiger partial charge is 0.275 e. The Morgan fingerprint density at radius 1 is 0.923 bits per heavy atom. The Kier molecular flexibility index (Phi) is 5.19. The van der Waals surface area contributed by atoms with Gasteiger partial charge in [-0.25, -0.2) is 9.97 Å². The number of hydrogen-bond donors (Lipinski definition) is 2. The van der Waals surface area contributed by atoms with Crippen molar-refractivity contribution in [1.82, 2.24) is 9.97 Å². The second kappa shape index (κ2) is 7.54. The molecule has 26 heavy (non-hydrogen) atoms. The molecule has 0 aliphatic rings. The van der Waals surface area contributed by atoms with Crippen LogP contribution < -0.4 is 10.6 Å². The molecule has 5 nitrogen and oxygen atoms in total. The van der Waals surface area contributed by atoms with Crippen molar-refractivity contribution in [3.63, 3.8) is 0 Å². The fraction of sp³-hybridized carbons (Fsp3) is 0.150. The van der Waals surface area contributed by atoms with E-state index < -0.39 is 0 Å². The number of anilines is 3. The number of nitrogens with one attached hydrogen (secondary N) is 2. The maximum Gasteiger partial charge on any atom is 0.275 e. The molecule has 3 aromatic rings. The summed E-state index contributed by atoms with van der Waals surface area (Å²) in [5.74, 6) is 0.236. The van der Waals surface area contributed by atoms with E-state index >= 15 is 0 Å². The van der Waals surface area contributed by atoms with Gasteiger partial charge in [-0.1, -0.05) is 23.7 Å². The van der Waals surface area contributed by atoms with Crippen LogP contribution in [-0.2, 0) is 0 Å². The predicted octanol–water partition coefficient (Wildman–Crippen LogP) is 5.05. The Balaban J connectivity index is 1.70. The average molecular weight is 367 g/mol. The summed E-state index contributed by atoms with van der Waals surface area (Å²) in [6.45, 7) is 5.91. The van der Waals surface area contributed by atoms with Crippen LogP contribution in [-0.4, -0.2) is 15.9 Å². The minimum absolute atomic E-state index is 0.247. The summed E-state index contributed by atoms with van der Waals surface area (Å²) in [7, 11) is 0. The fourth-order valence-corrected chi connectivity index (χ4v) is 2.75. The van der Waals surface area contributed by atoms with Crippen molar-refractivity contribution in [2.24, 2.45) is 0 Å². The molecule has 0 radical (unpaired) electrons. The summed E-state index contributed by atoms with van der Waals surface area (Å²) < 4.78 is 0. The van der Waals surface area contributed by atoms with Gasteiger partial charge < -0.3 is 10.6 Å². The van der Waals surface area contributed by atoms with Crippen LogP contribution in [0, 0.1) is 20.8 Å². The maximum atomic E-state index is 12.3. The Labute approximate surface area is 157 Å². The van der Waals surface area contributed by atoms with Crippen LogP contribution in [0.3, 0.4) is 0 Å². The first-order valence-electron chi connectivity index (χ1n) is 8.15. The number of carbonyl (C=O) groups excluding carboxylic acids is 1. The molecule has 6 heteroatoms. The van der Waals surface area contributed by atoms with Crippen molar-refractivity contribution in [3.05, 3.63) is 76.2 Å². The number of carbonyl (C=O) groups is 1. The Morgan fingerprint density at radius 2 is 1.65 bits per heavy atom. The lowest BCUT2D eigenvalue weighted by Crippen LogP contribution is -2.14. The van der Waals surface area contributed by atoms with Gasteiger partial charge in [-0.3, -0.25) is 4.79 Å². The van der Waals surface area contributed by atoms with Crippen LogP contribution in [0.4, 0.5) is 17.2 Å². The molecule has 0 spiro atoms. The van der Waals surface area contributed by atoms with E-state index in [4.69, 9.17) is 11.6 Å². The van der Waals surface area contributed by atoms with Crippen LogP contribution in [0.5, 0.6) is 0 Å². The van der Waals surface area contributed by atoms with Crippen molar-refractivity contribution in [2.75, 3.05) is 10.6 Å². The maximum absolute atomic E-state index is 12.3. The van der Waals surface area contributed by atoms with Gasteiger partial charge in [0, 0.05) is 16.4 Å². The van der Waals surface area contributed by atoms with E-state index in [0.717, 1.165) is 28.1 Å². The molecule has 2 aromatic carbocycles. The third-order valence-electron chi connectivity index (χ3n) is 3.81. The van der Waals surface area contributed by atoms with Gasteiger partial charge in [0.2, 0.25) is 0 Å². The molecule has 0 aliphatic carbocycles. The molecule has 0 atom stereocenters. The van der Waals surface area contributed by atoms with Crippen molar-refractivity contribution in [2.45, 2.75) is 20.8 Å². The topological polar surface area (TPSA) is 66.9 Å². The molecule has 3 rings (SSSR count). The molecule has 1 amide bonds. The Hall–Kier alpha value is -2.92.